The molecule has 1 amide bonds. The Kier molecular flexibility index (Phi) is 5.66. The first-order valence-electron chi connectivity index (χ1n) is 10.9. The highest BCUT2D eigenvalue weighted by molar-refractivity contribution is 7.71. The molecule has 0 aliphatic carbocycles. The number of aromatic nitrogens is 4. The van der Waals surface area contributed by atoms with E-state index >= 15 is 0 Å². The number of hydrogen-bond acceptors (Lipinski definition) is 6. The predicted octanol–water partition coefficient (Wildman–Crippen LogP) is 1.65. The van der Waals surface area contributed by atoms with E-state index in [1.54, 1.807) is 21.4 Å². The van der Waals surface area contributed by atoms with Gasteiger partial charge in [0.05, 0.1) is 17.6 Å². The summed E-state index contributed by atoms with van der Waals surface area (Å²) in [4.78, 5) is 29.7. The van der Waals surface area contributed by atoms with Crippen LogP contribution in [0.3, 0.4) is 0 Å². The second kappa shape index (κ2) is 8.61. The van der Waals surface area contributed by atoms with E-state index < -0.39 is 0 Å². The van der Waals surface area contributed by atoms with Gasteiger partial charge in [0.2, 0.25) is 10.5 Å². The lowest BCUT2D eigenvalue weighted by Gasteiger charge is -2.35. The number of carbonyl (C=O) groups is 1. The third kappa shape index (κ3) is 3.58. The molecule has 2 fully saturated rings. The lowest BCUT2D eigenvalue weighted by molar-refractivity contribution is -0.142. The molecule has 2 aromatic heterocycles. The van der Waals surface area contributed by atoms with Crippen LogP contribution in [0.5, 0.6) is 0 Å². The van der Waals surface area contributed by atoms with Gasteiger partial charge in [-0.05, 0) is 37.2 Å². The number of piperazine rings is 1. The van der Waals surface area contributed by atoms with E-state index in [9.17, 15) is 9.59 Å². The number of nitrogens with zero attached hydrogens (tertiary/aromatic N) is 6. The van der Waals surface area contributed by atoms with Crippen LogP contribution in [0.2, 0.25) is 0 Å². The second-order valence-electron chi connectivity index (χ2n) is 8.23. The number of hydrogen-bond donors (Lipinski definition) is 0. The largest absolute Gasteiger partial charge is 0.368 e. The Labute approximate surface area is 190 Å². The maximum Gasteiger partial charge on any atom is 0.263 e. The molecule has 0 saturated carbocycles. The van der Waals surface area contributed by atoms with Crippen molar-refractivity contribution in [2.45, 2.75) is 32.2 Å². The second-order valence-corrected chi connectivity index (χ2v) is 8.59. The quantitative estimate of drug-likeness (QED) is 0.431. The van der Waals surface area contributed by atoms with E-state index in [2.05, 4.69) is 11.5 Å². The zero-order valence-electron chi connectivity index (χ0n) is 17.9. The first-order valence-corrected chi connectivity index (χ1v) is 11.3. The Bertz CT molecular complexity index is 1290. The van der Waals surface area contributed by atoms with E-state index in [1.807, 2.05) is 27.5 Å². The number of benzene rings is 1. The molecular formula is C22H26N6O3S. The minimum atomic E-state index is -0.275. The molecule has 1 unspecified atom stereocenters. The summed E-state index contributed by atoms with van der Waals surface area (Å²) >= 11 is 5.76. The SMILES string of the molecule is C=CCn1c(=O)c2ccccc2n2c(=S)n(CN3CCN(C(=O)C4CCCO4)CC3)nc12. The van der Waals surface area contributed by atoms with E-state index in [1.165, 1.54) is 0 Å². The Morgan fingerprint density at radius 3 is 2.75 bits per heavy atom. The summed E-state index contributed by atoms with van der Waals surface area (Å²) in [5.74, 6) is 0.609. The summed E-state index contributed by atoms with van der Waals surface area (Å²) in [6.07, 6.45) is 3.18. The molecule has 0 spiro atoms. The zero-order valence-corrected chi connectivity index (χ0v) is 18.7. The van der Waals surface area contributed by atoms with Crippen LogP contribution < -0.4 is 5.56 Å². The summed E-state index contributed by atoms with van der Waals surface area (Å²) < 4.78 is 11.3. The van der Waals surface area contributed by atoms with Gasteiger partial charge in [-0.3, -0.25) is 23.5 Å². The summed E-state index contributed by atoms with van der Waals surface area (Å²) in [5.41, 5.74) is 0.637. The monoisotopic (exact) mass is 454 g/mol. The van der Waals surface area contributed by atoms with Crippen LogP contribution in [0.1, 0.15) is 12.8 Å². The Morgan fingerprint density at radius 1 is 1.25 bits per heavy atom. The molecule has 32 heavy (non-hydrogen) atoms. The van der Waals surface area contributed by atoms with Crippen molar-refractivity contribution in [2.75, 3.05) is 32.8 Å². The summed E-state index contributed by atoms with van der Waals surface area (Å²) in [6, 6.07) is 7.43. The van der Waals surface area contributed by atoms with Crippen molar-refractivity contribution in [3.63, 3.8) is 0 Å². The van der Waals surface area contributed by atoms with Crippen molar-refractivity contribution in [3.05, 3.63) is 52.0 Å². The van der Waals surface area contributed by atoms with Crippen molar-refractivity contribution in [2.24, 2.45) is 0 Å². The Hall–Kier alpha value is -2.82. The number of amides is 1. The van der Waals surface area contributed by atoms with Crippen molar-refractivity contribution < 1.29 is 9.53 Å². The van der Waals surface area contributed by atoms with E-state index in [-0.39, 0.29) is 17.6 Å². The molecule has 1 aromatic carbocycles. The standard InChI is InChI=1S/C22H26N6O3S/c1-2-9-26-19(29)16-6-3-4-7-17(16)28-21(26)23-27(22(28)32)15-24-10-12-25(13-11-24)20(30)18-8-5-14-31-18/h2-4,6-7,18H,1,5,8-15H2. The molecule has 2 aliphatic rings. The fourth-order valence-electron chi connectivity index (χ4n) is 4.53. The van der Waals surface area contributed by atoms with Crippen molar-refractivity contribution >= 4 is 34.8 Å². The molecule has 10 heteroatoms. The molecular weight excluding hydrogens is 428 g/mol. The minimum absolute atomic E-state index is 0.103. The van der Waals surface area contributed by atoms with Crippen LogP contribution in [0.25, 0.3) is 16.7 Å². The normalized spacial score (nSPS) is 19.8. The molecule has 3 aromatic rings. The molecule has 0 N–H and O–H groups in total. The molecule has 5 rings (SSSR count). The van der Waals surface area contributed by atoms with Crippen LogP contribution in [-0.2, 0) is 22.7 Å². The third-order valence-corrected chi connectivity index (χ3v) is 6.61. The average molecular weight is 455 g/mol. The predicted molar refractivity (Wildman–Crippen MR) is 123 cm³/mol. The molecule has 2 saturated heterocycles. The lowest BCUT2D eigenvalue weighted by atomic mass is 10.2. The number of carbonyl (C=O) groups excluding carboxylic acids is 1. The molecule has 9 nitrogen and oxygen atoms in total. The fourth-order valence-corrected chi connectivity index (χ4v) is 4.81. The summed E-state index contributed by atoms with van der Waals surface area (Å²) in [7, 11) is 0. The maximum absolute atomic E-state index is 13.0. The highest BCUT2D eigenvalue weighted by Gasteiger charge is 2.30. The molecule has 168 valence electrons. The van der Waals surface area contributed by atoms with E-state index in [0.717, 1.165) is 31.4 Å². The van der Waals surface area contributed by atoms with Crippen LogP contribution in [0, 0.1) is 4.77 Å². The van der Waals surface area contributed by atoms with Gasteiger partial charge >= 0.3 is 0 Å². The van der Waals surface area contributed by atoms with Gasteiger partial charge in [-0.2, -0.15) is 0 Å². The first-order chi connectivity index (χ1) is 15.6. The van der Waals surface area contributed by atoms with Crippen molar-refractivity contribution in [3.8, 4) is 0 Å². The highest BCUT2D eigenvalue weighted by Crippen LogP contribution is 2.17. The van der Waals surface area contributed by atoms with Gasteiger partial charge in [-0.1, -0.05) is 18.2 Å². The molecule has 2 aliphatic heterocycles. The van der Waals surface area contributed by atoms with Gasteiger partial charge in [-0.25, -0.2) is 4.68 Å². The van der Waals surface area contributed by atoms with Crippen molar-refractivity contribution in [1.29, 1.82) is 0 Å². The molecule has 4 heterocycles. The topological polar surface area (TPSA) is 77.0 Å². The maximum atomic E-state index is 13.0. The highest BCUT2D eigenvalue weighted by atomic mass is 32.1. The van der Waals surface area contributed by atoms with Crippen molar-refractivity contribution in [1.82, 2.24) is 28.5 Å². The molecule has 0 bridgehead atoms. The van der Waals surface area contributed by atoms with Gasteiger partial charge in [0.25, 0.3) is 11.5 Å². The Balaban J connectivity index is 1.41. The molecule has 0 radical (unpaired) electrons. The number of rotatable bonds is 5. The number of para-hydroxylation sites is 1. The van der Waals surface area contributed by atoms with Gasteiger partial charge in [-0.15, -0.1) is 11.7 Å². The van der Waals surface area contributed by atoms with Crippen LogP contribution in [0.15, 0.2) is 41.7 Å². The van der Waals surface area contributed by atoms with Crippen LogP contribution in [-0.4, -0.2) is 73.3 Å². The zero-order chi connectivity index (χ0) is 22.2. The van der Waals surface area contributed by atoms with Gasteiger partial charge in [0.1, 0.15) is 6.10 Å². The fraction of sp³-hybridized carbons (Fsp3) is 0.455. The smallest absolute Gasteiger partial charge is 0.263 e. The van der Waals surface area contributed by atoms with E-state index in [4.69, 9.17) is 22.1 Å². The summed E-state index contributed by atoms with van der Waals surface area (Å²) in [5, 5.41) is 5.30. The lowest BCUT2D eigenvalue weighted by Crippen LogP contribution is -2.51. The average Bonchev–Trinajstić information content (AvgIpc) is 3.46. The number of ether oxygens (including phenoxy) is 1. The third-order valence-electron chi connectivity index (χ3n) is 6.22. The Morgan fingerprint density at radius 2 is 2.03 bits per heavy atom. The van der Waals surface area contributed by atoms with E-state index in [0.29, 0.717) is 48.8 Å². The minimum Gasteiger partial charge on any atom is -0.368 e. The van der Waals surface area contributed by atoms with Gasteiger partial charge in [0.15, 0.2) is 0 Å². The number of allylic oxidation sites excluding steroid dienone is 1. The van der Waals surface area contributed by atoms with Crippen LogP contribution in [0.4, 0.5) is 0 Å². The van der Waals surface area contributed by atoms with Crippen LogP contribution >= 0.6 is 12.2 Å². The van der Waals surface area contributed by atoms with Gasteiger partial charge in [0, 0.05) is 39.3 Å². The first kappa shape index (κ1) is 21.0. The molecule has 1 atom stereocenters. The van der Waals surface area contributed by atoms with Gasteiger partial charge < -0.3 is 9.64 Å². The summed E-state index contributed by atoms with van der Waals surface area (Å²) in [6.45, 7) is 8.08. The number of fused-ring (bicyclic) bond motifs is 3.